The third-order valence-corrected chi connectivity index (χ3v) is 5.83. The van der Waals surface area contributed by atoms with Crippen LogP contribution in [0.1, 0.15) is 31.9 Å². The Morgan fingerprint density at radius 1 is 1.03 bits per heavy atom. The number of benzene rings is 2. The fourth-order valence-corrected chi connectivity index (χ4v) is 4.02. The number of allylic oxidation sites excluding steroid dienone is 2. The predicted molar refractivity (Wildman–Crippen MR) is 136 cm³/mol. The number of pyridine rings is 1. The third kappa shape index (κ3) is 7.17. The summed E-state index contributed by atoms with van der Waals surface area (Å²) in [5.74, 6) is 0.602. The van der Waals surface area contributed by atoms with Gasteiger partial charge in [0.05, 0.1) is 23.9 Å². The van der Waals surface area contributed by atoms with Crippen LogP contribution in [0.2, 0.25) is 0 Å². The SMILES string of the molecule is CCCC(OC1C=CC=CC(COc2cccc(OCc3ccc4ccccc4n3)c2)C1)C(=O)O. The number of carboxylic acid groups (broad SMARTS) is 1. The molecule has 0 spiro atoms. The number of fused-ring (bicyclic) bond motifs is 1. The number of carboxylic acids is 1. The molecule has 6 nitrogen and oxygen atoms in total. The summed E-state index contributed by atoms with van der Waals surface area (Å²) in [7, 11) is 0. The predicted octanol–water partition coefficient (Wildman–Crippen LogP) is 5.96. The Labute approximate surface area is 205 Å². The first-order valence-corrected chi connectivity index (χ1v) is 12.0. The largest absolute Gasteiger partial charge is 0.493 e. The smallest absolute Gasteiger partial charge is 0.332 e. The lowest BCUT2D eigenvalue weighted by Gasteiger charge is -2.22. The van der Waals surface area contributed by atoms with Crippen LogP contribution in [0.5, 0.6) is 11.5 Å². The molecule has 0 aliphatic heterocycles. The Balaban J connectivity index is 1.31. The Morgan fingerprint density at radius 2 is 1.83 bits per heavy atom. The summed E-state index contributed by atoms with van der Waals surface area (Å²) in [5.41, 5.74) is 1.81. The lowest BCUT2D eigenvalue weighted by molar-refractivity contribution is -0.153. The maximum absolute atomic E-state index is 11.5. The molecule has 182 valence electrons. The van der Waals surface area contributed by atoms with Gasteiger partial charge in [-0.25, -0.2) is 9.78 Å². The maximum Gasteiger partial charge on any atom is 0.332 e. The Bertz CT molecular complexity index is 1190. The van der Waals surface area contributed by atoms with Gasteiger partial charge in [0, 0.05) is 17.4 Å². The van der Waals surface area contributed by atoms with Crippen molar-refractivity contribution in [2.75, 3.05) is 6.61 Å². The highest BCUT2D eigenvalue weighted by Gasteiger charge is 2.23. The van der Waals surface area contributed by atoms with Gasteiger partial charge in [0.1, 0.15) is 18.1 Å². The molecule has 6 heteroatoms. The van der Waals surface area contributed by atoms with Gasteiger partial charge in [0.25, 0.3) is 0 Å². The first-order chi connectivity index (χ1) is 17.1. The van der Waals surface area contributed by atoms with E-state index in [-0.39, 0.29) is 12.0 Å². The molecule has 35 heavy (non-hydrogen) atoms. The van der Waals surface area contributed by atoms with Crippen molar-refractivity contribution >= 4 is 16.9 Å². The highest BCUT2D eigenvalue weighted by Crippen LogP contribution is 2.24. The number of aliphatic carboxylic acids is 1. The van der Waals surface area contributed by atoms with Crippen LogP contribution in [0.15, 0.2) is 85.0 Å². The van der Waals surface area contributed by atoms with Gasteiger partial charge in [0.15, 0.2) is 6.10 Å². The topological polar surface area (TPSA) is 77.9 Å². The number of aromatic nitrogens is 1. The van der Waals surface area contributed by atoms with Crippen LogP contribution in [-0.2, 0) is 16.1 Å². The minimum absolute atomic E-state index is 0.0949. The van der Waals surface area contributed by atoms with Crippen LogP contribution in [0.3, 0.4) is 0 Å². The molecule has 2 aromatic carbocycles. The zero-order valence-electron chi connectivity index (χ0n) is 19.9. The van der Waals surface area contributed by atoms with Gasteiger partial charge in [-0.2, -0.15) is 0 Å². The van der Waals surface area contributed by atoms with Gasteiger partial charge in [-0.15, -0.1) is 0 Å². The Hall–Kier alpha value is -3.64. The monoisotopic (exact) mass is 473 g/mol. The molecule has 0 bridgehead atoms. The van der Waals surface area contributed by atoms with E-state index in [1.807, 2.05) is 85.8 Å². The molecule has 0 saturated carbocycles. The summed E-state index contributed by atoms with van der Waals surface area (Å²) in [6.45, 7) is 2.78. The molecule has 0 saturated heterocycles. The second-order valence-corrected chi connectivity index (χ2v) is 8.63. The van der Waals surface area contributed by atoms with Crippen molar-refractivity contribution in [3.63, 3.8) is 0 Å². The van der Waals surface area contributed by atoms with E-state index in [1.54, 1.807) is 0 Å². The number of rotatable bonds is 11. The molecule has 3 unspecified atom stereocenters. The highest BCUT2D eigenvalue weighted by molar-refractivity contribution is 5.78. The Kier molecular flexibility index (Phi) is 8.52. The van der Waals surface area contributed by atoms with Gasteiger partial charge in [0.2, 0.25) is 0 Å². The zero-order valence-corrected chi connectivity index (χ0v) is 19.9. The van der Waals surface area contributed by atoms with Gasteiger partial charge in [-0.1, -0.05) is 68.0 Å². The molecule has 0 fully saturated rings. The fraction of sp³-hybridized carbons (Fsp3) is 0.310. The maximum atomic E-state index is 11.5. The minimum Gasteiger partial charge on any atom is -0.493 e. The average molecular weight is 474 g/mol. The first-order valence-electron chi connectivity index (χ1n) is 12.0. The van der Waals surface area contributed by atoms with Gasteiger partial charge in [-0.05, 0) is 37.1 Å². The second kappa shape index (κ2) is 12.2. The molecule has 0 amide bonds. The van der Waals surface area contributed by atoms with Crippen LogP contribution in [0.4, 0.5) is 0 Å². The summed E-state index contributed by atoms with van der Waals surface area (Å²) < 4.78 is 17.9. The molecule has 3 atom stereocenters. The second-order valence-electron chi connectivity index (χ2n) is 8.63. The molecule has 3 aromatic rings. The van der Waals surface area contributed by atoms with E-state index < -0.39 is 12.1 Å². The van der Waals surface area contributed by atoms with Crippen molar-refractivity contribution in [3.8, 4) is 11.5 Å². The van der Waals surface area contributed by atoms with E-state index in [4.69, 9.17) is 14.2 Å². The van der Waals surface area contributed by atoms with Crippen molar-refractivity contribution in [3.05, 3.63) is 90.7 Å². The van der Waals surface area contributed by atoms with Crippen molar-refractivity contribution in [1.29, 1.82) is 0 Å². The van der Waals surface area contributed by atoms with E-state index in [2.05, 4.69) is 11.1 Å². The molecule has 1 aliphatic carbocycles. The van der Waals surface area contributed by atoms with Crippen LogP contribution in [0.25, 0.3) is 10.9 Å². The van der Waals surface area contributed by atoms with Crippen LogP contribution in [0, 0.1) is 5.92 Å². The molecule has 1 aromatic heterocycles. The van der Waals surface area contributed by atoms with Crippen LogP contribution < -0.4 is 9.47 Å². The summed E-state index contributed by atoms with van der Waals surface area (Å²) in [6, 6.07) is 19.6. The molecule has 0 radical (unpaired) electrons. The zero-order chi connectivity index (χ0) is 24.5. The fourth-order valence-electron chi connectivity index (χ4n) is 4.02. The molecule has 4 rings (SSSR count). The van der Waals surface area contributed by atoms with Gasteiger partial charge >= 0.3 is 5.97 Å². The quantitative estimate of drug-likeness (QED) is 0.370. The molecule has 1 aliphatic rings. The van der Waals surface area contributed by atoms with Crippen molar-refractivity contribution < 1.29 is 24.1 Å². The third-order valence-electron chi connectivity index (χ3n) is 5.83. The number of carbonyl (C=O) groups is 1. The lowest BCUT2D eigenvalue weighted by atomic mass is 10.0. The van der Waals surface area contributed by atoms with E-state index in [9.17, 15) is 9.90 Å². The summed E-state index contributed by atoms with van der Waals surface area (Å²) in [6.07, 6.45) is 8.70. The van der Waals surface area contributed by atoms with Gasteiger partial charge < -0.3 is 19.3 Å². The molecule has 1 N–H and O–H groups in total. The number of ether oxygens (including phenoxy) is 3. The van der Waals surface area contributed by atoms with E-state index in [0.29, 0.717) is 37.6 Å². The minimum atomic E-state index is -0.916. The molecular formula is C29H31NO5. The summed E-state index contributed by atoms with van der Waals surface area (Å²) in [4.78, 5) is 16.1. The van der Waals surface area contributed by atoms with E-state index >= 15 is 0 Å². The van der Waals surface area contributed by atoms with Crippen molar-refractivity contribution in [1.82, 2.24) is 4.98 Å². The number of nitrogens with zero attached hydrogens (tertiary/aromatic N) is 1. The van der Waals surface area contributed by atoms with E-state index in [0.717, 1.165) is 23.0 Å². The number of para-hydroxylation sites is 1. The number of hydrogen-bond donors (Lipinski definition) is 1. The van der Waals surface area contributed by atoms with Crippen molar-refractivity contribution in [2.24, 2.45) is 5.92 Å². The Morgan fingerprint density at radius 3 is 2.66 bits per heavy atom. The first kappa shape index (κ1) is 24.5. The van der Waals surface area contributed by atoms with Crippen LogP contribution in [-0.4, -0.2) is 34.9 Å². The summed E-state index contributed by atoms with van der Waals surface area (Å²) >= 11 is 0. The molecule has 1 heterocycles. The average Bonchev–Trinajstić information content (AvgIpc) is 3.11. The molecular weight excluding hydrogens is 442 g/mol. The van der Waals surface area contributed by atoms with Crippen LogP contribution >= 0.6 is 0 Å². The standard InChI is InChI=1S/C29H31NO5/c1-2-8-28(29(31)32)35-26-11-5-3-9-21(17-26)19-33-24-12-7-13-25(18-24)34-20-23-16-15-22-10-4-6-14-27(22)30-23/h3-7,9-16,18,21,26,28H,2,8,17,19-20H2,1H3,(H,31,32). The van der Waals surface area contributed by atoms with Crippen molar-refractivity contribution in [2.45, 2.75) is 45.0 Å². The number of hydrogen-bond acceptors (Lipinski definition) is 5. The normalized spacial score (nSPS) is 18.2. The lowest BCUT2D eigenvalue weighted by Crippen LogP contribution is -2.30. The van der Waals surface area contributed by atoms with E-state index in [1.165, 1.54) is 0 Å². The highest BCUT2D eigenvalue weighted by atomic mass is 16.5. The van der Waals surface area contributed by atoms with Gasteiger partial charge in [-0.3, -0.25) is 0 Å². The summed E-state index contributed by atoms with van der Waals surface area (Å²) in [5, 5.41) is 10.5.